The van der Waals surface area contributed by atoms with Crippen LogP contribution in [-0.2, 0) is 6.42 Å². The fourth-order valence-electron chi connectivity index (χ4n) is 1.84. The van der Waals surface area contributed by atoms with E-state index in [1.54, 1.807) is 18.2 Å². The van der Waals surface area contributed by atoms with Gasteiger partial charge in [-0.1, -0.05) is 37.1 Å². The van der Waals surface area contributed by atoms with Gasteiger partial charge in [0.1, 0.15) is 10.9 Å². The lowest BCUT2D eigenvalue weighted by atomic mass is 10.1. The summed E-state index contributed by atoms with van der Waals surface area (Å²) < 4.78 is 30.2. The first-order chi connectivity index (χ1) is 10.0. The summed E-state index contributed by atoms with van der Waals surface area (Å²) in [6.07, 6.45) is 1.64. The first-order valence-electron chi connectivity index (χ1n) is 6.29. The maximum absolute atomic E-state index is 12.5. The Bertz CT molecular complexity index is 640. The Kier molecular flexibility index (Phi) is 5.69. The topological polar surface area (TPSA) is 35.0 Å². The highest BCUT2D eigenvalue weighted by atomic mass is 127. The summed E-state index contributed by atoms with van der Waals surface area (Å²) in [5, 5.41) is 0.316. The molecule has 0 aliphatic heterocycles. The monoisotopic (exact) mass is 424 g/mol. The van der Waals surface area contributed by atoms with Gasteiger partial charge in [-0.05, 0) is 41.1 Å². The van der Waals surface area contributed by atoms with Crippen LogP contribution in [0.4, 0.5) is 8.78 Å². The van der Waals surface area contributed by atoms with E-state index in [4.69, 9.17) is 11.6 Å². The van der Waals surface area contributed by atoms with Crippen LogP contribution in [0.25, 0.3) is 11.4 Å². The van der Waals surface area contributed by atoms with E-state index in [0.717, 1.165) is 22.1 Å². The molecule has 1 aromatic heterocycles. The van der Waals surface area contributed by atoms with E-state index in [1.165, 1.54) is 6.07 Å². The molecule has 2 rings (SSSR count). The summed E-state index contributed by atoms with van der Waals surface area (Å²) in [5.74, 6) is 0.326. The number of ether oxygens (including phenoxy) is 1. The number of para-hydroxylation sites is 1. The van der Waals surface area contributed by atoms with Gasteiger partial charge in [0.25, 0.3) is 0 Å². The van der Waals surface area contributed by atoms with Crippen molar-refractivity contribution in [2.24, 2.45) is 0 Å². The van der Waals surface area contributed by atoms with Crippen LogP contribution in [0.1, 0.15) is 19.0 Å². The molecule has 3 nitrogen and oxygen atoms in total. The van der Waals surface area contributed by atoms with Crippen LogP contribution in [0.3, 0.4) is 0 Å². The molecule has 0 aliphatic rings. The number of halogens is 4. The summed E-state index contributed by atoms with van der Waals surface area (Å²) in [7, 11) is 0. The van der Waals surface area contributed by atoms with E-state index >= 15 is 0 Å². The second-order valence-electron chi connectivity index (χ2n) is 4.22. The molecule has 0 aliphatic carbocycles. The van der Waals surface area contributed by atoms with Gasteiger partial charge in [-0.3, -0.25) is 0 Å². The zero-order valence-electron chi connectivity index (χ0n) is 11.1. The minimum Gasteiger partial charge on any atom is -0.434 e. The predicted molar refractivity (Wildman–Crippen MR) is 85.8 cm³/mol. The lowest BCUT2D eigenvalue weighted by molar-refractivity contribution is -0.0494. The fraction of sp³-hybridized carbons (Fsp3) is 0.286. The van der Waals surface area contributed by atoms with Crippen LogP contribution >= 0.6 is 34.2 Å². The highest BCUT2D eigenvalue weighted by Gasteiger charge is 2.16. The zero-order valence-corrected chi connectivity index (χ0v) is 14.0. The third-order valence-electron chi connectivity index (χ3n) is 2.71. The molecule has 0 spiro atoms. The minimum absolute atomic E-state index is 0.0345. The van der Waals surface area contributed by atoms with Gasteiger partial charge in [-0.25, -0.2) is 9.97 Å². The minimum atomic E-state index is -2.90. The third-order valence-corrected chi connectivity index (χ3v) is 4.44. The number of benzene rings is 1. The van der Waals surface area contributed by atoms with Crippen molar-refractivity contribution in [3.63, 3.8) is 0 Å². The van der Waals surface area contributed by atoms with E-state index in [1.807, 2.05) is 6.92 Å². The van der Waals surface area contributed by atoms with Crippen molar-refractivity contribution in [2.45, 2.75) is 26.4 Å². The molecular weight excluding hydrogens is 413 g/mol. The molecule has 112 valence electrons. The van der Waals surface area contributed by atoms with Crippen molar-refractivity contribution in [1.29, 1.82) is 0 Å². The van der Waals surface area contributed by atoms with E-state index in [9.17, 15) is 8.78 Å². The molecule has 0 saturated heterocycles. The molecule has 1 aromatic carbocycles. The van der Waals surface area contributed by atoms with Crippen molar-refractivity contribution in [3.8, 4) is 17.1 Å². The molecule has 0 unspecified atom stereocenters. The van der Waals surface area contributed by atoms with Crippen LogP contribution < -0.4 is 4.74 Å². The van der Waals surface area contributed by atoms with Crippen molar-refractivity contribution in [3.05, 3.63) is 38.7 Å². The standard InChI is InChI=1S/C14H12ClF2IN2O/c1-2-5-9-11(18)12(15)20-13(19-9)8-6-3-4-7-10(8)21-14(16)17/h3-4,6-7,14H,2,5H2,1H3. The molecule has 0 N–H and O–H groups in total. The number of nitrogens with zero attached hydrogens (tertiary/aromatic N) is 2. The summed E-state index contributed by atoms with van der Waals surface area (Å²) in [6.45, 7) is -0.875. The van der Waals surface area contributed by atoms with E-state index < -0.39 is 6.61 Å². The molecule has 0 fully saturated rings. The van der Waals surface area contributed by atoms with Gasteiger partial charge in [0.2, 0.25) is 0 Å². The molecule has 1 heterocycles. The van der Waals surface area contributed by atoms with Crippen molar-refractivity contribution in [2.75, 3.05) is 0 Å². The van der Waals surface area contributed by atoms with Gasteiger partial charge in [-0.15, -0.1) is 0 Å². The van der Waals surface area contributed by atoms with Gasteiger partial charge in [0, 0.05) is 0 Å². The highest BCUT2D eigenvalue weighted by Crippen LogP contribution is 2.31. The summed E-state index contributed by atoms with van der Waals surface area (Å²) >= 11 is 8.20. The molecule has 21 heavy (non-hydrogen) atoms. The number of hydrogen-bond acceptors (Lipinski definition) is 3. The maximum Gasteiger partial charge on any atom is 0.387 e. The summed E-state index contributed by atoms with van der Waals surface area (Å²) in [5.41, 5.74) is 1.20. The van der Waals surface area contributed by atoms with Crippen LogP contribution in [0, 0.1) is 3.57 Å². The molecular formula is C14H12ClF2IN2O. The lowest BCUT2D eigenvalue weighted by Crippen LogP contribution is -2.05. The highest BCUT2D eigenvalue weighted by molar-refractivity contribution is 14.1. The first kappa shape index (κ1) is 16.4. The normalized spacial score (nSPS) is 11.0. The van der Waals surface area contributed by atoms with Gasteiger partial charge in [0.05, 0.1) is 14.8 Å². The number of aromatic nitrogens is 2. The summed E-state index contributed by atoms with van der Waals surface area (Å²) in [4.78, 5) is 8.61. The number of alkyl halides is 2. The second kappa shape index (κ2) is 7.31. The Labute approximate surface area is 139 Å². The van der Waals surface area contributed by atoms with E-state index in [0.29, 0.717) is 16.5 Å². The molecule has 0 radical (unpaired) electrons. The number of hydrogen-bond donors (Lipinski definition) is 0. The van der Waals surface area contributed by atoms with Crippen LogP contribution in [0.15, 0.2) is 24.3 Å². The predicted octanol–water partition coefficient (Wildman–Crippen LogP) is 4.96. The molecule has 0 amide bonds. The second-order valence-corrected chi connectivity index (χ2v) is 5.66. The van der Waals surface area contributed by atoms with Gasteiger partial charge < -0.3 is 4.74 Å². The lowest BCUT2D eigenvalue weighted by Gasteiger charge is -2.11. The Morgan fingerprint density at radius 3 is 2.67 bits per heavy atom. The van der Waals surface area contributed by atoms with Crippen molar-refractivity contribution in [1.82, 2.24) is 9.97 Å². The quantitative estimate of drug-likeness (QED) is 0.503. The molecule has 0 atom stereocenters. The largest absolute Gasteiger partial charge is 0.434 e. The molecule has 0 bridgehead atoms. The fourth-order valence-corrected chi connectivity index (χ4v) is 2.54. The van der Waals surface area contributed by atoms with E-state index in [-0.39, 0.29) is 5.75 Å². The van der Waals surface area contributed by atoms with E-state index in [2.05, 4.69) is 37.3 Å². The Morgan fingerprint density at radius 2 is 2.00 bits per heavy atom. The number of rotatable bonds is 5. The van der Waals surface area contributed by atoms with Crippen LogP contribution in [0.5, 0.6) is 5.75 Å². The SMILES string of the molecule is CCCc1nc(-c2ccccc2OC(F)F)nc(Cl)c1I. The Morgan fingerprint density at radius 1 is 1.29 bits per heavy atom. The van der Waals surface area contributed by atoms with Gasteiger partial charge >= 0.3 is 6.61 Å². The average Bonchev–Trinajstić information content (AvgIpc) is 2.44. The summed E-state index contributed by atoms with van der Waals surface area (Å²) in [6, 6.07) is 6.41. The zero-order chi connectivity index (χ0) is 15.4. The van der Waals surface area contributed by atoms with Crippen molar-refractivity contribution < 1.29 is 13.5 Å². The molecule has 7 heteroatoms. The first-order valence-corrected chi connectivity index (χ1v) is 7.74. The molecule has 2 aromatic rings. The third kappa shape index (κ3) is 4.00. The Balaban J connectivity index is 2.51. The van der Waals surface area contributed by atoms with Gasteiger partial charge in [-0.2, -0.15) is 8.78 Å². The maximum atomic E-state index is 12.5. The van der Waals surface area contributed by atoms with Crippen LogP contribution in [-0.4, -0.2) is 16.6 Å². The smallest absolute Gasteiger partial charge is 0.387 e. The van der Waals surface area contributed by atoms with Crippen molar-refractivity contribution >= 4 is 34.2 Å². The Hall–Kier alpha value is -1.02. The number of aryl methyl sites for hydroxylation is 1. The van der Waals surface area contributed by atoms with Crippen LogP contribution in [0.2, 0.25) is 5.15 Å². The average molecular weight is 425 g/mol. The van der Waals surface area contributed by atoms with Gasteiger partial charge in [0.15, 0.2) is 5.82 Å². The molecule has 0 saturated carbocycles.